The van der Waals surface area contributed by atoms with Crippen LogP contribution in [-0.4, -0.2) is 37.4 Å². The number of nitrogens with zero attached hydrogens (tertiary/aromatic N) is 5. The van der Waals surface area contributed by atoms with Crippen molar-refractivity contribution < 1.29 is 4.79 Å². The molecule has 0 aliphatic carbocycles. The summed E-state index contributed by atoms with van der Waals surface area (Å²) in [6.07, 6.45) is 2.26. The van der Waals surface area contributed by atoms with E-state index in [9.17, 15) is 4.79 Å². The highest BCUT2D eigenvalue weighted by Gasteiger charge is 2.16. The van der Waals surface area contributed by atoms with Crippen molar-refractivity contribution in [1.29, 1.82) is 0 Å². The largest absolute Gasteiger partial charge is 0.341 e. The first-order valence-electron chi connectivity index (χ1n) is 8.66. The van der Waals surface area contributed by atoms with Crippen LogP contribution in [0.4, 0.5) is 0 Å². The fourth-order valence-corrected chi connectivity index (χ4v) is 3.08. The van der Waals surface area contributed by atoms with E-state index < -0.39 is 0 Å². The summed E-state index contributed by atoms with van der Waals surface area (Å²) >= 11 is 0. The first kappa shape index (κ1) is 17.2. The molecule has 0 fully saturated rings. The molecule has 132 valence electrons. The van der Waals surface area contributed by atoms with Gasteiger partial charge in [0, 0.05) is 26.1 Å². The minimum atomic E-state index is 0.112. The number of fused-ring (bicyclic) bond motifs is 1. The lowest BCUT2D eigenvalue weighted by Crippen LogP contribution is -2.27. The average molecular weight is 339 g/mol. The Morgan fingerprint density at radius 3 is 2.64 bits per heavy atom. The molecule has 0 N–H and O–H groups in total. The smallest absolute Gasteiger partial charge is 0.224 e. The molecule has 1 amide bonds. The third-order valence-corrected chi connectivity index (χ3v) is 4.38. The van der Waals surface area contributed by atoms with Crippen molar-refractivity contribution in [3.8, 4) is 0 Å². The molecule has 3 aromatic rings. The molecule has 0 unspecified atom stereocenters. The van der Waals surface area contributed by atoms with Gasteiger partial charge < -0.3 is 4.90 Å². The summed E-state index contributed by atoms with van der Waals surface area (Å²) in [5.74, 6) is 0.112. The number of hydrogen-bond donors (Lipinski definition) is 0. The Balaban J connectivity index is 1.67. The lowest BCUT2D eigenvalue weighted by Gasteiger charge is -2.17. The van der Waals surface area contributed by atoms with E-state index in [0.717, 1.165) is 22.3 Å². The maximum absolute atomic E-state index is 12.4. The number of carbonyl (C=O) groups is 1. The molecular weight excluding hydrogens is 314 g/mol. The van der Waals surface area contributed by atoms with Gasteiger partial charge in [0.05, 0.1) is 18.4 Å². The summed E-state index contributed by atoms with van der Waals surface area (Å²) in [6, 6.07) is 10.3. The van der Waals surface area contributed by atoms with Gasteiger partial charge in [-0.05, 0) is 26.3 Å². The summed E-state index contributed by atoms with van der Waals surface area (Å²) in [6.45, 7) is 7.38. The van der Waals surface area contributed by atoms with Crippen LogP contribution in [0.15, 0.2) is 36.5 Å². The van der Waals surface area contributed by atoms with E-state index in [1.807, 2.05) is 59.9 Å². The molecule has 0 saturated heterocycles. The topological polar surface area (TPSA) is 56.0 Å². The van der Waals surface area contributed by atoms with Crippen LogP contribution in [0.25, 0.3) is 11.0 Å². The summed E-state index contributed by atoms with van der Waals surface area (Å²) in [5.41, 5.74) is 4.13. The number of carbonyl (C=O) groups excluding carboxylic acids is 1. The van der Waals surface area contributed by atoms with Gasteiger partial charge in [-0.25, -0.2) is 0 Å². The van der Waals surface area contributed by atoms with E-state index in [1.165, 1.54) is 0 Å². The monoisotopic (exact) mass is 339 g/mol. The van der Waals surface area contributed by atoms with Crippen molar-refractivity contribution in [2.45, 2.75) is 46.3 Å². The van der Waals surface area contributed by atoms with Crippen molar-refractivity contribution in [3.05, 3.63) is 47.8 Å². The highest BCUT2D eigenvalue weighted by Crippen LogP contribution is 2.21. The SMILES string of the molecule is Cc1nn(C(C)C)c2cnn(CCC(=O)N(C)Cc3ccccc3)c12. The lowest BCUT2D eigenvalue weighted by atomic mass is 10.2. The second-order valence-corrected chi connectivity index (χ2v) is 6.71. The Kier molecular flexibility index (Phi) is 4.88. The molecule has 0 aliphatic heterocycles. The number of rotatable bonds is 6. The third-order valence-electron chi connectivity index (χ3n) is 4.38. The second kappa shape index (κ2) is 7.09. The molecule has 3 rings (SSSR count). The van der Waals surface area contributed by atoms with Crippen LogP contribution < -0.4 is 0 Å². The second-order valence-electron chi connectivity index (χ2n) is 6.71. The van der Waals surface area contributed by atoms with Crippen molar-refractivity contribution in [2.75, 3.05) is 7.05 Å². The zero-order chi connectivity index (χ0) is 18.0. The molecule has 0 aliphatic rings. The molecule has 2 heterocycles. The molecular formula is C19H25N5O. The number of hydrogen-bond acceptors (Lipinski definition) is 3. The highest BCUT2D eigenvalue weighted by molar-refractivity contribution is 5.79. The summed E-state index contributed by atoms with van der Waals surface area (Å²) < 4.78 is 3.88. The Morgan fingerprint density at radius 1 is 1.24 bits per heavy atom. The first-order valence-corrected chi connectivity index (χ1v) is 8.66. The Morgan fingerprint density at radius 2 is 1.96 bits per heavy atom. The Labute approximate surface area is 148 Å². The Bertz CT molecular complexity index is 863. The van der Waals surface area contributed by atoms with Crippen LogP contribution in [0, 0.1) is 6.92 Å². The standard InChI is InChI=1S/C19H25N5O/c1-14(2)24-17-12-20-23(19(17)15(3)21-24)11-10-18(25)22(4)13-16-8-6-5-7-9-16/h5-9,12,14H,10-11,13H2,1-4H3. The predicted molar refractivity (Wildman–Crippen MR) is 98.2 cm³/mol. The zero-order valence-corrected chi connectivity index (χ0v) is 15.3. The van der Waals surface area contributed by atoms with Gasteiger partial charge in [-0.3, -0.25) is 14.2 Å². The van der Waals surface area contributed by atoms with Crippen molar-refractivity contribution in [2.24, 2.45) is 0 Å². The van der Waals surface area contributed by atoms with Gasteiger partial charge in [0.2, 0.25) is 5.91 Å². The van der Waals surface area contributed by atoms with E-state index in [-0.39, 0.29) is 11.9 Å². The number of amides is 1. The average Bonchev–Trinajstić information content (AvgIpc) is 3.15. The van der Waals surface area contributed by atoms with Crippen molar-refractivity contribution >= 4 is 16.9 Å². The summed E-state index contributed by atoms with van der Waals surface area (Å²) in [7, 11) is 1.84. The van der Waals surface area contributed by atoms with Gasteiger partial charge in [-0.1, -0.05) is 30.3 Å². The summed E-state index contributed by atoms with van der Waals surface area (Å²) in [5, 5.41) is 9.05. The minimum Gasteiger partial charge on any atom is -0.341 e. The van der Waals surface area contributed by atoms with Crippen LogP contribution in [0.1, 0.15) is 37.6 Å². The van der Waals surface area contributed by atoms with Gasteiger partial charge in [0.1, 0.15) is 11.0 Å². The van der Waals surface area contributed by atoms with Crippen LogP contribution >= 0.6 is 0 Å². The quantitative estimate of drug-likeness (QED) is 0.693. The minimum absolute atomic E-state index is 0.112. The normalized spacial score (nSPS) is 11.4. The molecule has 0 bridgehead atoms. The van der Waals surface area contributed by atoms with Crippen LogP contribution in [-0.2, 0) is 17.9 Å². The lowest BCUT2D eigenvalue weighted by molar-refractivity contribution is -0.130. The molecule has 0 spiro atoms. The molecule has 25 heavy (non-hydrogen) atoms. The molecule has 6 heteroatoms. The molecule has 0 atom stereocenters. The molecule has 0 radical (unpaired) electrons. The predicted octanol–water partition coefficient (Wildman–Crippen LogP) is 3.17. The van der Waals surface area contributed by atoms with Crippen LogP contribution in [0.2, 0.25) is 0 Å². The number of benzene rings is 1. The highest BCUT2D eigenvalue weighted by atomic mass is 16.2. The van der Waals surface area contributed by atoms with Crippen molar-refractivity contribution in [3.63, 3.8) is 0 Å². The van der Waals surface area contributed by atoms with Gasteiger partial charge in [-0.2, -0.15) is 10.2 Å². The van der Waals surface area contributed by atoms with Crippen LogP contribution in [0.3, 0.4) is 0 Å². The fraction of sp³-hybridized carbons (Fsp3) is 0.421. The molecule has 1 aromatic carbocycles. The van der Waals surface area contributed by atoms with Crippen molar-refractivity contribution in [1.82, 2.24) is 24.5 Å². The van der Waals surface area contributed by atoms with Crippen LogP contribution in [0.5, 0.6) is 0 Å². The van der Waals surface area contributed by atoms with E-state index >= 15 is 0 Å². The van der Waals surface area contributed by atoms with E-state index in [0.29, 0.717) is 19.5 Å². The van der Waals surface area contributed by atoms with E-state index in [2.05, 4.69) is 24.0 Å². The number of aryl methyl sites for hydroxylation is 2. The van der Waals surface area contributed by atoms with Gasteiger partial charge in [-0.15, -0.1) is 0 Å². The third kappa shape index (κ3) is 3.57. The fourth-order valence-electron chi connectivity index (χ4n) is 3.08. The van der Waals surface area contributed by atoms with Gasteiger partial charge in [0.15, 0.2) is 0 Å². The number of aromatic nitrogens is 4. The maximum atomic E-state index is 12.4. The van der Waals surface area contributed by atoms with Gasteiger partial charge in [0.25, 0.3) is 0 Å². The Hall–Kier alpha value is -2.63. The molecule has 6 nitrogen and oxygen atoms in total. The van der Waals surface area contributed by atoms with Gasteiger partial charge >= 0.3 is 0 Å². The zero-order valence-electron chi connectivity index (χ0n) is 15.3. The molecule has 0 saturated carbocycles. The van der Waals surface area contributed by atoms with E-state index in [4.69, 9.17) is 0 Å². The van der Waals surface area contributed by atoms with E-state index in [1.54, 1.807) is 4.90 Å². The maximum Gasteiger partial charge on any atom is 0.224 e. The molecule has 2 aromatic heterocycles. The summed E-state index contributed by atoms with van der Waals surface area (Å²) in [4.78, 5) is 14.2. The first-order chi connectivity index (χ1) is 12.0.